The van der Waals surface area contributed by atoms with Gasteiger partial charge in [0.25, 0.3) is 5.91 Å². The maximum atomic E-state index is 14.7. The van der Waals surface area contributed by atoms with Crippen molar-refractivity contribution in [1.29, 1.82) is 0 Å². The van der Waals surface area contributed by atoms with E-state index in [0.717, 1.165) is 52.5 Å². The molecule has 3 heterocycles. The molecule has 1 aliphatic carbocycles. The zero-order valence-electron chi connectivity index (χ0n) is 25.9. The number of amides is 1. The summed E-state index contributed by atoms with van der Waals surface area (Å²) in [6, 6.07) is 9.12. The van der Waals surface area contributed by atoms with E-state index in [1.54, 1.807) is 0 Å². The molecule has 2 fully saturated rings. The Labute approximate surface area is 262 Å². The van der Waals surface area contributed by atoms with Crippen LogP contribution in [0, 0.1) is 25.2 Å². The summed E-state index contributed by atoms with van der Waals surface area (Å²) >= 11 is 0. The van der Waals surface area contributed by atoms with Crippen molar-refractivity contribution >= 4 is 28.2 Å². The lowest BCUT2D eigenvalue weighted by molar-refractivity contribution is -0.131. The van der Waals surface area contributed by atoms with Gasteiger partial charge in [-0.3, -0.25) is 4.79 Å². The quantitative estimate of drug-likeness (QED) is 0.240. The van der Waals surface area contributed by atoms with Crippen molar-refractivity contribution in [3.8, 4) is 6.01 Å². The molecule has 6 rings (SSSR count). The number of benzene rings is 2. The van der Waals surface area contributed by atoms with Crippen molar-refractivity contribution in [2.75, 3.05) is 69.3 Å². The minimum atomic E-state index is -1.02. The van der Waals surface area contributed by atoms with E-state index in [1.165, 1.54) is 23.8 Å². The van der Waals surface area contributed by atoms with Gasteiger partial charge in [-0.05, 0) is 62.2 Å². The number of nitrogens with zero attached hydrogens (tertiary/aromatic N) is 7. The van der Waals surface area contributed by atoms with E-state index < -0.39 is 17.8 Å². The van der Waals surface area contributed by atoms with Gasteiger partial charge in [0.15, 0.2) is 5.83 Å². The van der Waals surface area contributed by atoms with Gasteiger partial charge in [-0.15, -0.1) is 0 Å². The number of piperazine rings is 1. The van der Waals surface area contributed by atoms with Crippen molar-refractivity contribution in [1.82, 2.24) is 19.8 Å². The number of fused-ring (bicyclic) bond motifs is 2. The number of anilines is 2. The Morgan fingerprint density at radius 2 is 2.00 bits per heavy atom. The molecule has 11 heteroatoms. The van der Waals surface area contributed by atoms with Gasteiger partial charge in [-0.1, -0.05) is 24.8 Å². The SMILES string of the molecule is [C-]#[N+]C[C@H]1CN(c2nc(OCCN(C)CC3CC3)nc3c2CCN(c2cccc4ccc(F)c(C)c24)C3)CCN1C(=O)C(=C)F. The van der Waals surface area contributed by atoms with E-state index >= 15 is 0 Å². The third-order valence-electron chi connectivity index (χ3n) is 9.13. The summed E-state index contributed by atoms with van der Waals surface area (Å²) in [7, 11) is 2.10. The van der Waals surface area contributed by atoms with Crippen molar-refractivity contribution in [2.45, 2.75) is 38.8 Å². The number of ether oxygens (including phenoxy) is 1. The van der Waals surface area contributed by atoms with Crippen LogP contribution in [0.1, 0.15) is 29.7 Å². The number of hydrogen-bond donors (Lipinski definition) is 0. The fraction of sp³-hybridized carbons (Fsp3) is 0.471. The average molecular weight is 616 g/mol. The first-order valence-corrected chi connectivity index (χ1v) is 15.6. The molecule has 3 aromatic rings. The molecule has 0 N–H and O–H groups in total. The summed E-state index contributed by atoms with van der Waals surface area (Å²) in [5.74, 6) is -0.527. The van der Waals surface area contributed by atoms with E-state index in [2.05, 4.69) is 33.2 Å². The van der Waals surface area contributed by atoms with E-state index in [4.69, 9.17) is 21.3 Å². The molecule has 1 amide bonds. The van der Waals surface area contributed by atoms with Crippen LogP contribution in [-0.4, -0.2) is 91.2 Å². The molecule has 0 bridgehead atoms. The van der Waals surface area contributed by atoms with Crippen LogP contribution in [0.25, 0.3) is 15.6 Å². The Morgan fingerprint density at radius 1 is 1.18 bits per heavy atom. The monoisotopic (exact) mass is 615 g/mol. The van der Waals surface area contributed by atoms with Crippen molar-refractivity contribution < 1.29 is 18.3 Å². The summed E-state index contributed by atoms with van der Waals surface area (Å²) in [5, 5.41) is 1.87. The zero-order chi connectivity index (χ0) is 31.7. The second-order valence-electron chi connectivity index (χ2n) is 12.4. The summed E-state index contributed by atoms with van der Waals surface area (Å²) in [5.41, 5.74) is 3.39. The molecule has 0 spiro atoms. The highest BCUT2D eigenvalue weighted by atomic mass is 19.1. The predicted octanol–water partition coefficient (Wildman–Crippen LogP) is 4.78. The van der Waals surface area contributed by atoms with Gasteiger partial charge in [-0.2, -0.15) is 9.97 Å². The molecule has 2 aliphatic heterocycles. The van der Waals surface area contributed by atoms with Crippen LogP contribution in [0.5, 0.6) is 6.01 Å². The Kier molecular flexibility index (Phi) is 8.85. The second-order valence-corrected chi connectivity index (χ2v) is 12.4. The van der Waals surface area contributed by atoms with Crippen molar-refractivity contribution in [3.05, 3.63) is 76.8 Å². The number of likely N-dealkylation sites (N-methyl/N-ethyl adjacent to an activating group) is 1. The smallest absolute Gasteiger partial charge is 0.318 e. The van der Waals surface area contributed by atoms with Crippen molar-refractivity contribution in [3.63, 3.8) is 0 Å². The number of hydrogen-bond acceptors (Lipinski definition) is 7. The van der Waals surface area contributed by atoms with E-state index in [-0.39, 0.29) is 24.9 Å². The number of carbonyl (C=O) groups is 1. The second kappa shape index (κ2) is 13.0. The molecule has 1 aromatic heterocycles. The summed E-state index contributed by atoms with van der Waals surface area (Å²) in [4.78, 5) is 33.8. The predicted molar refractivity (Wildman–Crippen MR) is 171 cm³/mol. The summed E-state index contributed by atoms with van der Waals surface area (Å²) in [6.07, 6.45) is 3.22. The number of aromatic nitrogens is 2. The summed E-state index contributed by atoms with van der Waals surface area (Å²) < 4.78 is 34.6. The van der Waals surface area contributed by atoms with Gasteiger partial charge in [0.05, 0.1) is 12.2 Å². The van der Waals surface area contributed by atoms with Crippen LogP contribution in [0.2, 0.25) is 0 Å². The van der Waals surface area contributed by atoms with Crippen LogP contribution >= 0.6 is 0 Å². The maximum absolute atomic E-state index is 14.7. The number of halogens is 2. The molecule has 45 heavy (non-hydrogen) atoms. The molecular weight excluding hydrogens is 576 g/mol. The third-order valence-corrected chi connectivity index (χ3v) is 9.13. The van der Waals surface area contributed by atoms with Gasteiger partial charge >= 0.3 is 6.01 Å². The van der Waals surface area contributed by atoms with E-state index in [9.17, 15) is 13.6 Å². The third kappa shape index (κ3) is 6.57. The number of carbonyl (C=O) groups excluding carboxylic acids is 1. The van der Waals surface area contributed by atoms with Crippen LogP contribution in [0.15, 0.2) is 42.7 Å². The Balaban J connectivity index is 1.31. The Morgan fingerprint density at radius 3 is 2.76 bits per heavy atom. The van der Waals surface area contributed by atoms with Gasteiger partial charge in [0.2, 0.25) is 6.54 Å². The lowest BCUT2D eigenvalue weighted by Gasteiger charge is -2.41. The highest BCUT2D eigenvalue weighted by Crippen LogP contribution is 2.36. The molecule has 1 saturated carbocycles. The van der Waals surface area contributed by atoms with Crippen molar-refractivity contribution in [2.24, 2.45) is 5.92 Å². The van der Waals surface area contributed by atoms with Gasteiger partial charge < -0.3 is 29.2 Å². The molecule has 9 nitrogen and oxygen atoms in total. The van der Waals surface area contributed by atoms with E-state index in [1.807, 2.05) is 31.2 Å². The van der Waals surface area contributed by atoms with Crippen LogP contribution in [0.4, 0.5) is 20.3 Å². The molecule has 0 unspecified atom stereocenters. The van der Waals surface area contributed by atoms with Crippen LogP contribution in [-0.2, 0) is 17.8 Å². The van der Waals surface area contributed by atoms with Gasteiger partial charge in [0.1, 0.15) is 24.3 Å². The standard InChI is InChI=1S/C34H39F2N7O2/c1-22-28(36)11-10-25-6-5-7-30(31(22)25)41-13-12-27-29(21-41)38-34(45-17-16-40(4)19-24-8-9-24)39-32(27)42-14-15-43(33(44)23(2)35)26(20-42)18-37-3/h5-7,10-11,24,26H,2,8-9,12-21H2,1,4H3/t26-/m0/s1. The van der Waals surface area contributed by atoms with E-state index in [0.29, 0.717) is 44.8 Å². The Hall–Kier alpha value is -4.30. The topological polar surface area (TPSA) is 69.4 Å². The lowest BCUT2D eigenvalue weighted by Crippen LogP contribution is -2.57. The largest absolute Gasteiger partial charge is 0.462 e. The molecular formula is C34H39F2N7O2. The molecule has 1 saturated heterocycles. The zero-order valence-corrected chi connectivity index (χ0v) is 25.9. The fourth-order valence-electron chi connectivity index (χ4n) is 6.55. The first-order chi connectivity index (χ1) is 21.7. The average Bonchev–Trinajstić information content (AvgIpc) is 3.85. The molecule has 3 aliphatic rings. The minimum Gasteiger partial charge on any atom is -0.462 e. The number of aryl methyl sites for hydroxylation is 1. The highest BCUT2D eigenvalue weighted by Gasteiger charge is 2.36. The van der Waals surface area contributed by atoms with Crippen LogP contribution < -0.4 is 14.5 Å². The molecule has 2 aromatic carbocycles. The Bertz CT molecular complexity index is 1650. The highest BCUT2D eigenvalue weighted by molar-refractivity contribution is 5.97. The van der Waals surface area contributed by atoms with Gasteiger partial charge in [0, 0.05) is 55.9 Å². The molecule has 0 radical (unpaired) electrons. The first-order valence-electron chi connectivity index (χ1n) is 15.6. The molecule has 1 atom stereocenters. The van der Waals surface area contributed by atoms with Gasteiger partial charge in [-0.25, -0.2) is 15.4 Å². The first kappa shape index (κ1) is 30.7. The van der Waals surface area contributed by atoms with Crippen LogP contribution in [0.3, 0.4) is 0 Å². The summed E-state index contributed by atoms with van der Waals surface area (Å²) in [6.45, 7) is 16.9. The minimum absolute atomic E-state index is 0.0459. The molecule has 236 valence electrons. The maximum Gasteiger partial charge on any atom is 0.318 e. The normalized spacial score (nSPS) is 18.2. The lowest BCUT2D eigenvalue weighted by atomic mass is 9.99. The number of rotatable bonds is 10. The fourth-order valence-corrected chi connectivity index (χ4v) is 6.55.